The fraction of sp³-hybridized carbons (Fsp3) is 0.0714. The van der Waals surface area contributed by atoms with Crippen LogP contribution in [0.25, 0.3) is 0 Å². The molecule has 98 valence electrons. The molecule has 0 N–H and O–H groups in total. The number of para-hydroxylation sites is 1. The van der Waals surface area contributed by atoms with Gasteiger partial charge in [-0.1, -0.05) is 23.7 Å². The number of anilines is 1. The molecular formula is C14H10BrClFNO. The summed E-state index contributed by atoms with van der Waals surface area (Å²) >= 11 is 9.11. The first-order valence-electron chi connectivity index (χ1n) is 5.48. The smallest absolute Gasteiger partial charge is 0.259 e. The molecule has 0 aromatic heterocycles. The van der Waals surface area contributed by atoms with E-state index in [1.54, 1.807) is 36.4 Å². The summed E-state index contributed by atoms with van der Waals surface area (Å²) < 4.78 is 14.2. The third kappa shape index (κ3) is 2.96. The fourth-order valence-electron chi connectivity index (χ4n) is 1.68. The SMILES string of the molecule is CN(C(=O)c1ccc(Cl)cc1Br)c1ccccc1F. The van der Waals surface area contributed by atoms with Crippen LogP contribution in [0.15, 0.2) is 46.9 Å². The van der Waals surface area contributed by atoms with E-state index in [1.807, 2.05) is 0 Å². The molecule has 19 heavy (non-hydrogen) atoms. The molecule has 0 bridgehead atoms. The van der Waals surface area contributed by atoms with Gasteiger partial charge in [-0.3, -0.25) is 4.79 Å². The van der Waals surface area contributed by atoms with Gasteiger partial charge < -0.3 is 4.90 Å². The molecule has 2 aromatic carbocycles. The third-order valence-corrected chi connectivity index (χ3v) is 3.57. The number of amides is 1. The molecule has 2 nitrogen and oxygen atoms in total. The van der Waals surface area contributed by atoms with Crippen LogP contribution in [0.1, 0.15) is 10.4 Å². The second-order valence-electron chi connectivity index (χ2n) is 3.94. The fourth-order valence-corrected chi connectivity index (χ4v) is 2.53. The average Bonchev–Trinajstić information content (AvgIpc) is 2.38. The van der Waals surface area contributed by atoms with Gasteiger partial charge in [0.25, 0.3) is 5.91 Å². The molecule has 0 unspecified atom stereocenters. The van der Waals surface area contributed by atoms with Crippen LogP contribution in [0.3, 0.4) is 0 Å². The quantitative estimate of drug-likeness (QED) is 0.786. The Morgan fingerprint density at radius 1 is 1.26 bits per heavy atom. The average molecular weight is 343 g/mol. The highest BCUT2D eigenvalue weighted by molar-refractivity contribution is 9.10. The van der Waals surface area contributed by atoms with Gasteiger partial charge in [0.1, 0.15) is 5.82 Å². The number of hydrogen-bond acceptors (Lipinski definition) is 1. The highest BCUT2D eigenvalue weighted by Crippen LogP contribution is 2.25. The Morgan fingerprint density at radius 2 is 1.95 bits per heavy atom. The number of benzene rings is 2. The standard InChI is InChI=1S/C14H10BrClFNO/c1-18(13-5-3-2-4-12(13)17)14(19)10-7-6-9(16)8-11(10)15/h2-8H,1H3. The van der Waals surface area contributed by atoms with E-state index in [1.165, 1.54) is 18.0 Å². The van der Waals surface area contributed by atoms with Crippen LogP contribution in [-0.4, -0.2) is 13.0 Å². The second-order valence-corrected chi connectivity index (χ2v) is 5.23. The van der Waals surface area contributed by atoms with E-state index >= 15 is 0 Å². The van der Waals surface area contributed by atoms with E-state index < -0.39 is 5.82 Å². The summed E-state index contributed by atoms with van der Waals surface area (Å²) in [5.74, 6) is -0.753. The Balaban J connectivity index is 2.37. The van der Waals surface area contributed by atoms with Gasteiger partial charge in [0.2, 0.25) is 0 Å². The maximum atomic E-state index is 13.7. The zero-order chi connectivity index (χ0) is 14.0. The Hall–Kier alpha value is -1.39. The van der Waals surface area contributed by atoms with Gasteiger partial charge in [-0.15, -0.1) is 0 Å². The molecule has 0 radical (unpaired) electrons. The van der Waals surface area contributed by atoms with Crippen molar-refractivity contribution in [3.05, 3.63) is 63.3 Å². The minimum Gasteiger partial charge on any atom is -0.309 e. The first-order valence-corrected chi connectivity index (χ1v) is 6.65. The number of carbonyl (C=O) groups excluding carboxylic acids is 1. The Labute approximate surface area is 123 Å². The van der Waals surface area contributed by atoms with Crippen molar-refractivity contribution < 1.29 is 9.18 Å². The topological polar surface area (TPSA) is 20.3 Å². The lowest BCUT2D eigenvalue weighted by molar-refractivity contribution is 0.0991. The van der Waals surface area contributed by atoms with Crippen LogP contribution in [0.5, 0.6) is 0 Å². The van der Waals surface area contributed by atoms with E-state index in [4.69, 9.17) is 11.6 Å². The summed E-state index contributed by atoms with van der Waals surface area (Å²) in [6.07, 6.45) is 0. The third-order valence-electron chi connectivity index (χ3n) is 2.68. The number of halogens is 3. The monoisotopic (exact) mass is 341 g/mol. The molecule has 0 aliphatic rings. The number of nitrogens with zero attached hydrogens (tertiary/aromatic N) is 1. The summed E-state index contributed by atoms with van der Waals surface area (Å²) in [7, 11) is 1.53. The van der Waals surface area contributed by atoms with Crippen LogP contribution in [0.2, 0.25) is 5.02 Å². The predicted octanol–water partition coefficient (Wildman–Crippen LogP) is 4.52. The van der Waals surface area contributed by atoms with Gasteiger partial charge in [0, 0.05) is 16.5 Å². The zero-order valence-corrected chi connectivity index (χ0v) is 12.4. The van der Waals surface area contributed by atoms with E-state index in [9.17, 15) is 9.18 Å². The molecule has 0 saturated heterocycles. The largest absolute Gasteiger partial charge is 0.309 e. The molecular weight excluding hydrogens is 333 g/mol. The molecule has 0 heterocycles. The molecule has 0 saturated carbocycles. The van der Waals surface area contributed by atoms with E-state index in [2.05, 4.69) is 15.9 Å². The summed E-state index contributed by atoms with van der Waals surface area (Å²) in [6.45, 7) is 0. The summed E-state index contributed by atoms with van der Waals surface area (Å²) in [5, 5.41) is 0.525. The number of rotatable bonds is 2. The predicted molar refractivity (Wildman–Crippen MR) is 78.3 cm³/mol. The molecule has 5 heteroatoms. The van der Waals surface area contributed by atoms with E-state index in [-0.39, 0.29) is 11.6 Å². The first kappa shape index (κ1) is 14.0. The molecule has 0 spiro atoms. The van der Waals surface area contributed by atoms with Crippen LogP contribution in [-0.2, 0) is 0 Å². The van der Waals surface area contributed by atoms with E-state index in [0.717, 1.165) is 0 Å². The molecule has 0 atom stereocenters. The van der Waals surface area contributed by atoms with Crippen LogP contribution in [0, 0.1) is 5.82 Å². The number of hydrogen-bond donors (Lipinski definition) is 0. The highest BCUT2D eigenvalue weighted by atomic mass is 79.9. The second kappa shape index (κ2) is 5.72. The van der Waals surface area contributed by atoms with Crippen molar-refractivity contribution in [2.24, 2.45) is 0 Å². The lowest BCUT2D eigenvalue weighted by Gasteiger charge is -2.18. The Kier molecular flexibility index (Phi) is 4.22. The lowest BCUT2D eigenvalue weighted by Crippen LogP contribution is -2.27. The zero-order valence-electron chi connectivity index (χ0n) is 10.0. The highest BCUT2D eigenvalue weighted by Gasteiger charge is 2.18. The maximum absolute atomic E-state index is 13.7. The molecule has 2 aromatic rings. The molecule has 0 aliphatic carbocycles. The van der Waals surface area contributed by atoms with Gasteiger partial charge in [0.15, 0.2) is 0 Å². The van der Waals surface area contributed by atoms with Crippen molar-refractivity contribution in [2.75, 3.05) is 11.9 Å². The number of carbonyl (C=O) groups is 1. The van der Waals surface area contributed by atoms with Crippen molar-refractivity contribution >= 4 is 39.1 Å². The normalized spacial score (nSPS) is 10.3. The van der Waals surface area contributed by atoms with E-state index in [0.29, 0.717) is 15.1 Å². The van der Waals surface area contributed by atoms with Gasteiger partial charge in [-0.05, 0) is 46.3 Å². The van der Waals surface area contributed by atoms with Gasteiger partial charge >= 0.3 is 0 Å². The first-order chi connectivity index (χ1) is 9.00. The molecule has 2 rings (SSSR count). The van der Waals surface area contributed by atoms with Gasteiger partial charge in [-0.2, -0.15) is 0 Å². The Bertz CT molecular complexity index is 633. The van der Waals surface area contributed by atoms with Gasteiger partial charge in [0.05, 0.1) is 11.3 Å². The van der Waals surface area contributed by atoms with Crippen molar-refractivity contribution in [2.45, 2.75) is 0 Å². The van der Waals surface area contributed by atoms with Crippen molar-refractivity contribution in [3.8, 4) is 0 Å². The molecule has 1 amide bonds. The van der Waals surface area contributed by atoms with Crippen molar-refractivity contribution in [1.82, 2.24) is 0 Å². The lowest BCUT2D eigenvalue weighted by atomic mass is 10.2. The summed E-state index contributed by atoms with van der Waals surface area (Å²) in [4.78, 5) is 13.6. The minimum absolute atomic E-state index is 0.231. The van der Waals surface area contributed by atoms with Crippen LogP contribution in [0.4, 0.5) is 10.1 Å². The summed E-state index contributed by atoms with van der Waals surface area (Å²) in [6, 6.07) is 11.0. The maximum Gasteiger partial charge on any atom is 0.259 e. The van der Waals surface area contributed by atoms with Crippen molar-refractivity contribution in [1.29, 1.82) is 0 Å². The van der Waals surface area contributed by atoms with Gasteiger partial charge in [-0.25, -0.2) is 4.39 Å². The summed E-state index contributed by atoms with van der Waals surface area (Å²) in [5.41, 5.74) is 0.657. The minimum atomic E-state index is -0.441. The molecule has 0 fully saturated rings. The molecule has 0 aliphatic heterocycles. The van der Waals surface area contributed by atoms with Crippen LogP contribution >= 0.6 is 27.5 Å². The van der Waals surface area contributed by atoms with Crippen LogP contribution < -0.4 is 4.90 Å². The Morgan fingerprint density at radius 3 is 2.58 bits per heavy atom. The van der Waals surface area contributed by atoms with Crippen molar-refractivity contribution in [3.63, 3.8) is 0 Å².